The van der Waals surface area contributed by atoms with Crippen molar-refractivity contribution in [3.8, 4) is 0 Å². The van der Waals surface area contributed by atoms with Gasteiger partial charge >= 0.3 is 0 Å². The fraction of sp³-hybridized carbons (Fsp3) is 0.429. The maximum Gasteiger partial charge on any atom is 0.0903 e. The summed E-state index contributed by atoms with van der Waals surface area (Å²) in [6, 6.07) is 2.03. The number of nitrogens with two attached hydrogens (primary N) is 1. The molecule has 0 aromatic carbocycles. The highest BCUT2D eigenvalue weighted by Crippen LogP contribution is 2.43. The van der Waals surface area contributed by atoms with Gasteiger partial charge < -0.3 is 10.8 Å². The predicted molar refractivity (Wildman–Crippen MR) is 48.5 cm³/mol. The molecule has 3 N–H and O–H groups in total. The summed E-state index contributed by atoms with van der Waals surface area (Å²) in [5, 5.41) is 9.47. The van der Waals surface area contributed by atoms with Gasteiger partial charge in [-0.15, -0.1) is 11.3 Å². The van der Waals surface area contributed by atoms with E-state index >= 15 is 0 Å². The van der Waals surface area contributed by atoms with E-state index in [1.165, 1.54) is 0 Å². The van der Waals surface area contributed by atoms with E-state index in [1.54, 1.807) is 11.3 Å². The molecular weight excluding hydrogens is 226 g/mol. The number of hydrogen-bond donors (Lipinski definition) is 2. The minimum atomic E-state index is -0.337. The van der Waals surface area contributed by atoms with E-state index < -0.39 is 0 Å². The summed E-state index contributed by atoms with van der Waals surface area (Å²) in [5.41, 5.74) is 6.88. The van der Waals surface area contributed by atoms with Crippen LogP contribution in [0.5, 0.6) is 0 Å². The molecule has 1 heterocycles. The van der Waals surface area contributed by atoms with E-state index in [0.717, 1.165) is 14.2 Å². The zero-order chi connectivity index (χ0) is 8.01. The molecule has 1 aromatic rings. The van der Waals surface area contributed by atoms with Gasteiger partial charge in [0.2, 0.25) is 0 Å². The molecule has 0 saturated carbocycles. The van der Waals surface area contributed by atoms with Gasteiger partial charge in [-0.3, -0.25) is 0 Å². The Balaban J connectivity index is 2.50. The van der Waals surface area contributed by atoms with Crippen LogP contribution in [0.4, 0.5) is 0 Å². The van der Waals surface area contributed by atoms with Gasteiger partial charge in [0.15, 0.2) is 0 Å². The first-order valence-electron chi connectivity index (χ1n) is 3.41. The Bertz CT molecular complexity index is 260. The Morgan fingerprint density at radius 2 is 2.45 bits per heavy atom. The van der Waals surface area contributed by atoms with Crippen LogP contribution in [0.15, 0.2) is 9.85 Å². The van der Waals surface area contributed by atoms with Crippen LogP contribution in [0.3, 0.4) is 0 Å². The SMILES string of the molecule is NC1CC(O)c2sc(Br)cc21. The molecule has 0 aliphatic heterocycles. The highest BCUT2D eigenvalue weighted by molar-refractivity contribution is 9.11. The van der Waals surface area contributed by atoms with E-state index in [1.807, 2.05) is 6.07 Å². The molecule has 0 spiro atoms. The molecule has 2 atom stereocenters. The molecule has 0 bridgehead atoms. The summed E-state index contributed by atoms with van der Waals surface area (Å²) in [7, 11) is 0. The summed E-state index contributed by atoms with van der Waals surface area (Å²) < 4.78 is 1.05. The highest BCUT2D eigenvalue weighted by atomic mass is 79.9. The molecule has 60 valence electrons. The highest BCUT2D eigenvalue weighted by Gasteiger charge is 2.29. The second kappa shape index (κ2) is 2.55. The van der Waals surface area contributed by atoms with E-state index in [4.69, 9.17) is 5.73 Å². The van der Waals surface area contributed by atoms with Crippen molar-refractivity contribution in [2.45, 2.75) is 18.6 Å². The van der Waals surface area contributed by atoms with Gasteiger partial charge in [-0.05, 0) is 34.0 Å². The van der Waals surface area contributed by atoms with Gasteiger partial charge in [0.1, 0.15) is 0 Å². The van der Waals surface area contributed by atoms with Gasteiger partial charge in [-0.2, -0.15) is 0 Å². The van der Waals surface area contributed by atoms with Gasteiger partial charge in [-0.25, -0.2) is 0 Å². The lowest BCUT2D eigenvalue weighted by molar-refractivity contribution is 0.176. The Kier molecular flexibility index (Phi) is 1.79. The van der Waals surface area contributed by atoms with Crippen LogP contribution in [0.25, 0.3) is 0 Å². The average Bonchev–Trinajstić information content (AvgIpc) is 2.38. The second-order valence-corrected chi connectivity index (χ2v) is 5.19. The van der Waals surface area contributed by atoms with Gasteiger partial charge in [0.05, 0.1) is 9.89 Å². The molecule has 2 nitrogen and oxygen atoms in total. The van der Waals surface area contributed by atoms with Crippen LogP contribution < -0.4 is 5.73 Å². The standard InChI is InChI=1S/C7H8BrNOS/c8-6-1-3-4(9)2-5(10)7(3)11-6/h1,4-5,10H,2,9H2. The summed E-state index contributed by atoms with van der Waals surface area (Å²) in [5.74, 6) is 0. The van der Waals surface area contributed by atoms with Gasteiger partial charge in [0.25, 0.3) is 0 Å². The van der Waals surface area contributed by atoms with Crippen LogP contribution in [0, 0.1) is 0 Å². The van der Waals surface area contributed by atoms with Crippen molar-refractivity contribution in [1.29, 1.82) is 0 Å². The largest absolute Gasteiger partial charge is 0.387 e. The van der Waals surface area contributed by atoms with Crippen molar-refractivity contribution >= 4 is 27.3 Å². The molecule has 1 aromatic heterocycles. The van der Waals surface area contributed by atoms with E-state index in [0.29, 0.717) is 6.42 Å². The quantitative estimate of drug-likeness (QED) is 0.720. The number of halogens is 1. The number of rotatable bonds is 0. The van der Waals surface area contributed by atoms with Crippen LogP contribution in [-0.4, -0.2) is 5.11 Å². The van der Waals surface area contributed by atoms with Crippen molar-refractivity contribution in [2.75, 3.05) is 0 Å². The number of fused-ring (bicyclic) bond motifs is 1. The van der Waals surface area contributed by atoms with Crippen LogP contribution in [-0.2, 0) is 0 Å². The molecule has 4 heteroatoms. The molecule has 0 amide bonds. The maximum atomic E-state index is 9.47. The average molecular weight is 234 g/mol. The van der Waals surface area contributed by atoms with Crippen LogP contribution >= 0.6 is 27.3 Å². The Labute approximate surface area is 77.2 Å². The van der Waals surface area contributed by atoms with Crippen LogP contribution in [0.1, 0.15) is 29.0 Å². The van der Waals surface area contributed by atoms with Crippen molar-refractivity contribution in [3.63, 3.8) is 0 Å². The molecule has 1 aliphatic carbocycles. The molecule has 1 aliphatic rings. The third kappa shape index (κ3) is 1.14. The number of aliphatic hydroxyl groups excluding tert-OH is 1. The topological polar surface area (TPSA) is 46.2 Å². The molecular formula is C7H8BrNOS. The minimum Gasteiger partial charge on any atom is -0.387 e. The molecule has 0 saturated heterocycles. The molecule has 11 heavy (non-hydrogen) atoms. The zero-order valence-corrected chi connectivity index (χ0v) is 8.15. The van der Waals surface area contributed by atoms with Crippen molar-refractivity contribution < 1.29 is 5.11 Å². The monoisotopic (exact) mass is 233 g/mol. The van der Waals surface area contributed by atoms with Gasteiger partial charge in [0, 0.05) is 10.9 Å². The predicted octanol–water partition coefficient (Wildman–Crippen LogP) is 1.95. The Hall–Kier alpha value is 0.100. The normalized spacial score (nSPS) is 29.0. The number of thiophene rings is 1. The van der Waals surface area contributed by atoms with E-state index in [-0.39, 0.29) is 12.1 Å². The molecule has 0 fully saturated rings. The lowest BCUT2D eigenvalue weighted by Crippen LogP contribution is -2.05. The Morgan fingerprint density at radius 1 is 1.73 bits per heavy atom. The number of aliphatic hydroxyl groups is 1. The van der Waals surface area contributed by atoms with Crippen molar-refractivity contribution in [3.05, 3.63) is 20.3 Å². The first-order chi connectivity index (χ1) is 5.18. The van der Waals surface area contributed by atoms with Gasteiger partial charge in [-0.1, -0.05) is 0 Å². The Morgan fingerprint density at radius 3 is 3.09 bits per heavy atom. The lowest BCUT2D eigenvalue weighted by atomic mass is 10.2. The summed E-state index contributed by atoms with van der Waals surface area (Å²) in [6.45, 7) is 0. The summed E-state index contributed by atoms with van der Waals surface area (Å²) >= 11 is 4.94. The van der Waals surface area contributed by atoms with Crippen molar-refractivity contribution in [1.82, 2.24) is 0 Å². The zero-order valence-electron chi connectivity index (χ0n) is 5.75. The smallest absolute Gasteiger partial charge is 0.0903 e. The summed E-state index contributed by atoms with van der Waals surface area (Å²) in [6.07, 6.45) is 0.338. The molecule has 2 unspecified atom stereocenters. The van der Waals surface area contributed by atoms with E-state index in [9.17, 15) is 5.11 Å². The first-order valence-corrected chi connectivity index (χ1v) is 5.02. The minimum absolute atomic E-state index is 0.0301. The summed E-state index contributed by atoms with van der Waals surface area (Å²) in [4.78, 5) is 1.03. The van der Waals surface area contributed by atoms with E-state index in [2.05, 4.69) is 15.9 Å². The first kappa shape index (κ1) is 7.73. The lowest BCUT2D eigenvalue weighted by Gasteiger charge is -2.00. The fourth-order valence-electron chi connectivity index (χ4n) is 1.41. The number of hydrogen-bond acceptors (Lipinski definition) is 3. The molecule has 0 radical (unpaired) electrons. The van der Waals surface area contributed by atoms with Crippen molar-refractivity contribution in [2.24, 2.45) is 5.73 Å². The molecule has 2 rings (SSSR count). The van der Waals surface area contributed by atoms with Crippen LogP contribution in [0.2, 0.25) is 0 Å². The fourth-order valence-corrected chi connectivity index (χ4v) is 3.14. The maximum absolute atomic E-state index is 9.47. The third-order valence-electron chi connectivity index (χ3n) is 1.94. The second-order valence-electron chi connectivity index (χ2n) is 2.73. The third-order valence-corrected chi connectivity index (χ3v) is 3.70.